The zero-order valence-corrected chi connectivity index (χ0v) is 20.4. The van der Waals surface area contributed by atoms with Crippen molar-refractivity contribution in [2.75, 3.05) is 41.9 Å². The lowest BCUT2D eigenvalue weighted by Crippen LogP contribution is -2.33. The summed E-state index contributed by atoms with van der Waals surface area (Å²) in [5.74, 6) is 3.59. The number of ether oxygens (including phenoxy) is 1. The van der Waals surface area contributed by atoms with E-state index in [0.29, 0.717) is 16.4 Å². The average molecular weight is 499 g/mol. The fourth-order valence-corrected chi connectivity index (χ4v) is 5.63. The van der Waals surface area contributed by atoms with Gasteiger partial charge in [0.2, 0.25) is 0 Å². The monoisotopic (exact) mass is 498 g/mol. The molecule has 1 amide bonds. The number of benzene rings is 2. The van der Waals surface area contributed by atoms with Crippen LogP contribution < -0.4 is 15.0 Å². The quantitative estimate of drug-likeness (QED) is 0.386. The van der Waals surface area contributed by atoms with Gasteiger partial charge >= 0.3 is 0 Å². The molecule has 0 radical (unpaired) electrons. The van der Waals surface area contributed by atoms with Gasteiger partial charge in [-0.2, -0.15) is 11.8 Å². The maximum absolute atomic E-state index is 12.9. The van der Waals surface area contributed by atoms with E-state index in [1.807, 2.05) is 54.2 Å². The third-order valence-electron chi connectivity index (χ3n) is 5.38. The molecule has 0 unspecified atom stereocenters. The second-order valence-corrected chi connectivity index (χ2v) is 9.56. The van der Waals surface area contributed by atoms with Gasteiger partial charge in [0.05, 0.1) is 17.4 Å². The van der Waals surface area contributed by atoms with Gasteiger partial charge in [-0.05, 0) is 29.8 Å². The number of methoxy groups -OCH3 is 1. The number of hydrogen-bond donors (Lipinski definition) is 1. The highest BCUT2D eigenvalue weighted by Crippen LogP contribution is 2.39. The number of carbonyl (C=O) groups excluding carboxylic acids is 1. The summed E-state index contributed by atoms with van der Waals surface area (Å²) >= 11 is 3.40. The van der Waals surface area contributed by atoms with E-state index in [4.69, 9.17) is 4.74 Å². The zero-order chi connectivity index (χ0) is 21.9. The first-order chi connectivity index (χ1) is 15.7. The normalized spacial score (nSPS) is 13.4. The number of rotatable bonds is 5. The molecular weight excluding hydrogens is 476 g/mol. The molecule has 2 aromatic heterocycles. The highest BCUT2D eigenvalue weighted by atomic mass is 35.5. The highest BCUT2D eigenvalue weighted by molar-refractivity contribution is 7.99. The maximum Gasteiger partial charge on any atom is 0.259 e. The van der Waals surface area contributed by atoms with Crippen LogP contribution in [0.3, 0.4) is 0 Å². The minimum absolute atomic E-state index is 0. The Morgan fingerprint density at radius 1 is 1.06 bits per heavy atom. The second kappa shape index (κ2) is 10.4. The van der Waals surface area contributed by atoms with Gasteiger partial charge in [-0.25, -0.2) is 9.97 Å². The lowest BCUT2D eigenvalue weighted by atomic mass is 10.1. The fraction of sp³-hybridized carbons (Fsp3) is 0.208. The molecule has 2 aromatic carbocycles. The molecule has 0 spiro atoms. The van der Waals surface area contributed by atoms with Crippen LogP contribution in [-0.4, -0.2) is 47.6 Å². The van der Waals surface area contributed by atoms with Crippen molar-refractivity contribution in [3.63, 3.8) is 0 Å². The number of halogens is 1. The van der Waals surface area contributed by atoms with Crippen molar-refractivity contribution in [1.29, 1.82) is 0 Å². The van der Waals surface area contributed by atoms with Crippen molar-refractivity contribution >= 4 is 62.6 Å². The predicted molar refractivity (Wildman–Crippen MR) is 141 cm³/mol. The Labute approximate surface area is 206 Å². The fourth-order valence-electron chi connectivity index (χ4n) is 3.72. The Hall–Kier alpha value is -2.81. The van der Waals surface area contributed by atoms with Gasteiger partial charge in [0.25, 0.3) is 5.91 Å². The number of thioether (sulfide) groups is 1. The Balaban J connectivity index is 0.00000259. The highest BCUT2D eigenvalue weighted by Gasteiger charge is 2.17. The number of nitrogens with zero attached hydrogens (tertiary/aromatic N) is 3. The molecule has 0 saturated carbocycles. The van der Waals surface area contributed by atoms with Crippen LogP contribution in [0.1, 0.15) is 10.4 Å². The molecule has 4 aromatic rings. The van der Waals surface area contributed by atoms with Crippen LogP contribution in [0.4, 0.5) is 10.9 Å². The van der Waals surface area contributed by atoms with Crippen molar-refractivity contribution < 1.29 is 9.53 Å². The third kappa shape index (κ3) is 4.93. The van der Waals surface area contributed by atoms with Crippen LogP contribution in [0.15, 0.2) is 60.8 Å². The van der Waals surface area contributed by atoms with Crippen LogP contribution >= 0.6 is 35.5 Å². The molecule has 1 fully saturated rings. The Morgan fingerprint density at radius 2 is 1.85 bits per heavy atom. The number of nitrogens with one attached hydrogen (secondary N) is 1. The molecule has 1 aliphatic heterocycles. The van der Waals surface area contributed by atoms with Crippen molar-refractivity contribution in [3.8, 4) is 16.9 Å². The molecule has 6 nitrogen and oxygen atoms in total. The summed E-state index contributed by atoms with van der Waals surface area (Å²) in [4.78, 5) is 24.3. The van der Waals surface area contributed by atoms with Crippen LogP contribution in [0.25, 0.3) is 21.3 Å². The van der Waals surface area contributed by atoms with E-state index >= 15 is 0 Å². The smallest absolute Gasteiger partial charge is 0.259 e. The van der Waals surface area contributed by atoms with Crippen LogP contribution in [0.2, 0.25) is 0 Å². The third-order valence-corrected chi connectivity index (χ3v) is 7.32. The summed E-state index contributed by atoms with van der Waals surface area (Å²) in [7, 11) is 1.63. The van der Waals surface area contributed by atoms with Crippen molar-refractivity contribution in [1.82, 2.24) is 9.97 Å². The van der Waals surface area contributed by atoms with E-state index in [-0.39, 0.29) is 18.3 Å². The summed E-state index contributed by atoms with van der Waals surface area (Å²) in [6.45, 7) is 1.97. The lowest BCUT2D eigenvalue weighted by molar-refractivity contribution is 0.102. The lowest BCUT2D eigenvalue weighted by Gasteiger charge is -2.27. The first-order valence-corrected chi connectivity index (χ1v) is 12.3. The molecule has 1 aliphatic rings. The standard InChI is InChI=1S/C24H22N4O2S2.ClH/c1-30-19-9-8-18(16-5-3-2-4-6-16)22-21(19)26-24(32-22)27-23(29)17-7-10-20(25-15-17)28-11-13-31-14-12-28;/h2-10,15H,11-14H2,1H3,(H,26,27,29);1H. The second-order valence-electron chi connectivity index (χ2n) is 7.34. The number of carbonyl (C=O) groups is 1. The van der Waals surface area contributed by atoms with Gasteiger partial charge in [-0.15, -0.1) is 12.4 Å². The summed E-state index contributed by atoms with van der Waals surface area (Å²) in [5, 5.41) is 3.46. The Morgan fingerprint density at radius 3 is 2.55 bits per heavy atom. The van der Waals surface area contributed by atoms with E-state index in [1.54, 1.807) is 13.3 Å². The van der Waals surface area contributed by atoms with Crippen molar-refractivity contribution in [2.45, 2.75) is 0 Å². The Kier molecular flexibility index (Phi) is 7.37. The molecule has 1 N–H and O–H groups in total. The summed E-state index contributed by atoms with van der Waals surface area (Å²) < 4.78 is 6.48. The first-order valence-electron chi connectivity index (χ1n) is 10.4. The van der Waals surface area contributed by atoms with Gasteiger partial charge in [-0.1, -0.05) is 41.7 Å². The van der Waals surface area contributed by atoms with Gasteiger partial charge < -0.3 is 9.64 Å². The molecule has 0 bridgehead atoms. The average Bonchev–Trinajstić information content (AvgIpc) is 3.28. The summed E-state index contributed by atoms with van der Waals surface area (Å²) in [6.07, 6.45) is 1.63. The molecule has 33 heavy (non-hydrogen) atoms. The molecule has 1 saturated heterocycles. The van der Waals surface area contributed by atoms with Gasteiger partial charge in [0.1, 0.15) is 17.1 Å². The van der Waals surface area contributed by atoms with Crippen LogP contribution in [0, 0.1) is 0 Å². The van der Waals surface area contributed by atoms with Crippen LogP contribution in [-0.2, 0) is 0 Å². The zero-order valence-electron chi connectivity index (χ0n) is 18.0. The topological polar surface area (TPSA) is 67.3 Å². The minimum Gasteiger partial charge on any atom is -0.494 e. The molecular formula is C24H23ClN4O2S2. The summed E-state index contributed by atoms with van der Waals surface area (Å²) in [6, 6.07) is 17.8. The van der Waals surface area contributed by atoms with Gasteiger partial charge in [0.15, 0.2) is 5.13 Å². The van der Waals surface area contributed by atoms with Crippen molar-refractivity contribution in [2.24, 2.45) is 0 Å². The number of anilines is 2. The largest absolute Gasteiger partial charge is 0.494 e. The molecule has 0 atom stereocenters. The molecule has 3 heterocycles. The predicted octanol–water partition coefficient (Wildman–Crippen LogP) is 5.59. The molecule has 9 heteroatoms. The van der Waals surface area contributed by atoms with E-state index in [1.165, 1.54) is 11.3 Å². The van der Waals surface area contributed by atoms with Crippen LogP contribution in [0.5, 0.6) is 5.75 Å². The number of amides is 1. The van der Waals surface area contributed by atoms with E-state index in [2.05, 4.69) is 32.3 Å². The van der Waals surface area contributed by atoms with Gasteiger partial charge in [-0.3, -0.25) is 10.1 Å². The number of fused-ring (bicyclic) bond motifs is 1. The van der Waals surface area contributed by atoms with Gasteiger partial charge in [0, 0.05) is 36.4 Å². The molecule has 170 valence electrons. The first kappa shape index (κ1) is 23.4. The molecule has 5 rings (SSSR count). The summed E-state index contributed by atoms with van der Waals surface area (Å²) in [5.41, 5.74) is 3.41. The number of hydrogen-bond acceptors (Lipinski definition) is 7. The van der Waals surface area contributed by atoms with E-state index in [0.717, 1.165) is 51.8 Å². The SMILES string of the molecule is COc1ccc(-c2ccccc2)c2sc(NC(=O)c3ccc(N4CCSCC4)nc3)nc12.Cl. The maximum atomic E-state index is 12.9. The number of pyridine rings is 1. The molecule has 0 aliphatic carbocycles. The Bertz CT molecular complexity index is 1240. The number of thiazole rings is 1. The number of aromatic nitrogens is 2. The van der Waals surface area contributed by atoms with E-state index in [9.17, 15) is 4.79 Å². The minimum atomic E-state index is -0.225. The van der Waals surface area contributed by atoms with E-state index < -0.39 is 0 Å². The van der Waals surface area contributed by atoms with Crippen molar-refractivity contribution in [3.05, 3.63) is 66.4 Å².